The fourth-order valence-corrected chi connectivity index (χ4v) is 4.82. The minimum absolute atomic E-state index is 0.0456. The largest absolute Gasteiger partial charge is 0.478 e. The molecule has 0 aromatic heterocycles. The van der Waals surface area contributed by atoms with Gasteiger partial charge in [-0.2, -0.15) is 0 Å². The van der Waals surface area contributed by atoms with Crippen LogP contribution in [-0.4, -0.2) is 39.7 Å². The summed E-state index contributed by atoms with van der Waals surface area (Å²) in [4.78, 5) is 62.6. The van der Waals surface area contributed by atoms with E-state index in [1.165, 1.54) is 60.7 Å². The molecule has 2 amide bonds. The van der Waals surface area contributed by atoms with Crippen LogP contribution in [0.3, 0.4) is 0 Å². The van der Waals surface area contributed by atoms with Crippen molar-refractivity contribution >= 4 is 87.3 Å². The third-order valence-corrected chi connectivity index (χ3v) is 6.97. The molecule has 0 fully saturated rings. The molecule has 0 aliphatic heterocycles. The molecule has 13 heteroatoms. The topological polar surface area (TPSA) is 150 Å². The summed E-state index contributed by atoms with van der Waals surface area (Å²) >= 11 is 23.8. The van der Waals surface area contributed by atoms with Crippen molar-refractivity contribution < 1.29 is 34.2 Å². The number of hydrogen-bond donors (Lipinski definition) is 4. The van der Waals surface area contributed by atoms with E-state index in [0.717, 1.165) is 12.1 Å². The molecule has 4 aromatic carbocycles. The summed E-state index contributed by atoms with van der Waals surface area (Å²) in [6.07, 6.45) is 0. The van der Waals surface area contributed by atoms with Gasteiger partial charge in [0, 0.05) is 21.2 Å². The monoisotopic (exact) mass is 644 g/mol. The van der Waals surface area contributed by atoms with Crippen LogP contribution in [0.15, 0.2) is 72.8 Å². The minimum Gasteiger partial charge on any atom is -0.478 e. The first-order valence-corrected chi connectivity index (χ1v) is 13.2. The summed E-state index contributed by atoms with van der Waals surface area (Å²) in [5.74, 6) is -5.00. The van der Waals surface area contributed by atoms with Gasteiger partial charge in [0.05, 0.1) is 43.7 Å². The van der Waals surface area contributed by atoms with Crippen molar-refractivity contribution in [3.63, 3.8) is 0 Å². The highest BCUT2D eigenvalue weighted by molar-refractivity contribution is 6.38. The number of carboxylic acid groups (broad SMARTS) is 2. The highest BCUT2D eigenvalue weighted by Gasteiger charge is 2.22. The van der Waals surface area contributed by atoms with Crippen LogP contribution >= 0.6 is 46.4 Å². The smallest absolute Gasteiger partial charge is 0.337 e. The lowest BCUT2D eigenvalue weighted by atomic mass is 9.98. The molecule has 0 unspecified atom stereocenters. The Balaban J connectivity index is 1.61. The molecule has 4 rings (SSSR count). The van der Waals surface area contributed by atoms with Crippen LogP contribution in [0.5, 0.6) is 0 Å². The van der Waals surface area contributed by atoms with Crippen LogP contribution in [0.25, 0.3) is 0 Å². The second-order valence-corrected chi connectivity index (χ2v) is 10.3. The highest BCUT2D eigenvalue weighted by Crippen LogP contribution is 2.27. The number of halogens is 4. The first kappa shape index (κ1) is 30.5. The van der Waals surface area contributed by atoms with E-state index in [1.807, 2.05) is 0 Å². The minimum atomic E-state index is -1.44. The molecule has 0 saturated heterocycles. The first-order chi connectivity index (χ1) is 19.8. The van der Waals surface area contributed by atoms with E-state index >= 15 is 0 Å². The SMILES string of the molecule is O=C(c1ccc(NC(=O)c2ccc(Cl)cc2Cl)c(C(=O)O)c1)c1ccc(NC(=O)c2ccc(Cl)cc2Cl)c(C(=O)O)c1. The lowest BCUT2D eigenvalue weighted by Crippen LogP contribution is -2.17. The van der Waals surface area contributed by atoms with Gasteiger partial charge in [0.2, 0.25) is 0 Å². The molecular weight excluding hydrogens is 630 g/mol. The van der Waals surface area contributed by atoms with E-state index in [2.05, 4.69) is 10.6 Å². The van der Waals surface area contributed by atoms with E-state index in [0.29, 0.717) is 10.0 Å². The lowest BCUT2D eigenvalue weighted by Gasteiger charge is -2.13. The van der Waals surface area contributed by atoms with Crippen LogP contribution in [0.1, 0.15) is 57.4 Å². The maximum absolute atomic E-state index is 13.2. The zero-order chi connectivity index (χ0) is 30.7. The second-order valence-electron chi connectivity index (χ2n) is 8.62. The summed E-state index contributed by atoms with van der Waals surface area (Å²) in [6.45, 7) is 0. The molecule has 9 nitrogen and oxygen atoms in total. The Labute approximate surface area is 257 Å². The van der Waals surface area contributed by atoms with Crippen LogP contribution in [0.4, 0.5) is 11.4 Å². The number of nitrogens with one attached hydrogen (secondary N) is 2. The average Bonchev–Trinajstić information content (AvgIpc) is 2.92. The van der Waals surface area contributed by atoms with Gasteiger partial charge < -0.3 is 20.8 Å². The zero-order valence-electron chi connectivity index (χ0n) is 20.9. The molecule has 0 heterocycles. The first-order valence-electron chi connectivity index (χ1n) is 11.7. The van der Waals surface area contributed by atoms with E-state index in [-0.39, 0.29) is 43.7 Å². The maximum atomic E-state index is 13.2. The predicted octanol–water partition coefficient (Wildman–Crippen LogP) is 7.43. The van der Waals surface area contributed by atoms with E-state index in [9.17, 15) is 34.2 Å². The van der Waals surface area contributed by atoms with Gasteiger partial charge in [-0.3, -0.25) is 14.4 Å². The van der Waals surface area contributed by atoms with Crippen LogP contribution in [0, 0.1) is 0 Å². The van der Waals surface area contributed by atoms with E-state index in [1.54, 1.807) is 0 Å². The van der Waals surface area contributed by atoms with Crippen molar-refractivity contribution in [1.29, 1.82) is 0 Å². The molecule has 0 radical (unpaired) electrons. The summed E-state index contributed by atoms with van der Waals surface area (Å²) in [5, 5.41) is 25.1. The van der Waals surface area contributed by atoms with Crippen molar-refractivity contribution in [1.82, 2.24) is 0 Å². The number of carboxylic acids is 2. The number of ketones is 1. The predicted molar refractivity (Wildman–Crippen MR) is 159 cm³/mol. The Kier molecular flexibility index (Phi) is 9.18. The number of amides is 2. The van der Waals surface area contributed by atoms with Crippen LogP contribution < -0.4 is 10.6 Å². The lowest BCUT2D eigenvalue weighted by molar-refractivity contribution is 0.0687. The molecule has 4 N–H and O–H groups in total. The molecule has 0 aliphatic rings. The Morgan fingerprint density at radius 2 is 0.881 bits per heavy atom. The van der Waals surface area contributed by atoms with Gasteiger partial charge in [0.25, 0.3) is 11.8 Å². The maximum Gasteiger partial charge on any atom is 0.337 e. The Bertz CT molecular complexity index is 1680. The zero-order valence-corrected chi connectivity index (χ0v) is 23.9. The third kappa shape index (κ3) is 6.72. The summed E-state index contributed by atoms with van der Waals surface area (Å²) in [7, 11) is 0. The summed E-state index contributed by atoms with van der Waals surface area (Å²) < 4.78 is 0. The summed E-state index contributed by atoms with van der Waals surface area (Å²) in [5.41, 5.74) is -1.14. The van der Waals surface area contributed by atoms with Gasteiger partial charge in [0.1, 0.15) is 0 Å². The summed E-state index contributed by atoms with van der Waals surface area (Å²) in [6, 6.07) is 15.4. The normalized spacial score (nSPS) is 10.6. The van der Waals surface area contributed by atoms with E-state index < -0.39 is 40.7 Å². The number of anilines is 2. The molecule has 0 aliphatic carbocycles. The van der Waals surface area contributed by atoms with Crippen molar-refractivity contribution in [2.75, 3.05) is 10.6 Å². The molecular formula is C29H16Cl4N2O7. The van der Waals surface area contributed by atoms with Crippen LogP contribution in [-0.2, 0) is 0 Å². The van der Waals surface area contributed by atoms with Gasteiger partial charge in [-0.05, 0) is 72.8 Å². The fourth-order valence-electron chi connectivity index (χ4n) is 3.84. The number of hydrogen-bond acceptors (Lipinski definition) is 5. The van der Waals surface area contributed by atoms with Crippen molar-refractivity contribution in [2.24, 2.45) is 0 Å². The Morgan fingerprint density at radius 3 is 1.21 bits per heavy atom. The second kappa shape index (κ2) is 12.6. The number of rotatable bonds is 8. The molecule has 42 heavy (non-hydrogen) atoms. The number of carbonyl (C=O) groups excluding carboxylic acids is 3. The molecule has 0 atom stereocenters. The highest BCUT2D eigenvalue weighted by atomic mass is 35.5. The van der Waals surface area contributed by atoms with Crippen molar-refractivity contribution in [3.05, 3.63) is 126 Å². The Morgan fingerprint density at radius 1 is 0.500 bits per heavy atom. The van der Waals surface area contributed by atoms with Crippen LogP contribution in [0.2, 0.25) is 20.1 Å². The number of carbonyl (C=O) groups is 5. The van der Waals surface area contributed by atoms with Gasteiger partial charge in [-0.25, -0.2) is 9.59 Å². The number of benzene rings is 4. The van der Waals surface area contributed by atoms with E-state index in [4.69, 9.17) is 46.4 Å². The average molecular weight is 646 g/mol. The quantitative estimate of drug-likeness (QED) is 0.145. The molecule has 4 aromatic rings. The molecule has 212 valence electrons. The standard InChI is InChI=1S/C29H16Cl4N2O7/c30-15-3-5-17(21(32)11-15)26(37)34-23-7-1-13(9-19(23)28(39)40)25(36)14-2-8-24(20(10-14)29(41)42)35-27(38)18-6-4-16(31)12-22(18)33/h1-12H,(H,34,37)(H,35,38)(H,39,40)(H,41,42). The van der Waals surface area contributed by atoms with Gasteiger partial charge in [-0.15, -0.1) is 0 Å². The number of aromatic carboxylic acids is 2. The molecule has 0 saturated carbocycles. The Hall–Kier alpha value is -4.41. The van der Waals surface area contributed by atoms with Gasteiger partial charge >= 0.3 is 11.9 Å². The fraction of sp³-hybridized carbons (Fsp3) is 0. The van der Waals surface area contributed by atoms with Gasteiger partial charge in [0.15, 0.2) is 5.78 Å². The van der Waals surface area contributed by atoms with Crippen molar-refractivity contribution in [3.8, 4) is 0 Å². The molecule has 0 spiro atoms. The van der Waals surface area contributed by atoms with Crippen molar-refractivity contribution in [2.45, 2.75) is 0 Å². The van der Waals surface area contributed by atoms with Gasteiger partial charge in [-0.1, -0.05) is 46.4 Å². The third-order valence-electron chi connectivity index (χ3n) is 5.87. The molecule has 0 bridgehead atoms.